The number of halogens is 3. The van der Waals surface area contributed by atoms with Crippen LogP contribution in [0.25, 0.3) is 0 Å². The van der Waals surface area contributed by atoms with Gasteiger partial charge in [-0.3, -0.25) is 0 Å². The average molecular weight is 264 g/mol. The highest BCUT2D eigenvalue weighted by Crippen LogP contribution is 2.31. The summed E-state index contributed by atoms with van der Waals surface area (Å²) in [5, 5.41) is 0. The third-order valence-corrected chi connectivity index (χ3v) is 1.98. The van der Waals surface area contributed by atoms with Crippen LogP contribution in [0.5, 0.6) is 5.75 Å². The molecule has 0 spiro atoms. The number of hydrogen-bond acceptors (Lipinski definition) is 4. The van der Waals surface area contributed by atoms with Crippen molar-refractivity contribution in [3.8, 4) is 5.75 Å². The van der Waals surface area contributed by atoms with E-state index in [9.17, 15) is 13.2 Å². The Labute approximate surface area is 103 Å². The molecule has 0 saturated heterocycles. The van der Waals surface area contributed by atoms with E-state index in [1.54, 1.807) is 0 Å². The fourth-order valence-corrected chi connectivity index (χ4v) is 1.16. The Morgan fingerprint density at radius 2 is 2.00 bits per heavy atom. The summed E-state index contributed by atoms with van der Waals surface area (Å²) in [6.45, 7) is 4.11. The van der Waals surface area contributed by atoms with Crippen LogP contribution < -0.4 is 10.5 Å². The van der Waals surface area contributed by atoms with Crippen LogP contribution in [0.1, 0.15) is 19.5 Å². The summed E-state index contributed by atoms with van der Waals surface area (Å²) >= 11 is 0. The lowest BCUT2D eigenvalue weighted by molar-refractivity contribution is -0.141. The minimum atomic E-state index is -4.51. The van der Waals surface area contributed by atoms with Crippen molar-refractivity contribution in [1.82, 2.24) is 4.98 Å². The number of nitrogens with zero attached hydrogens (tertiary/aromatic N) is 1. The lowest BCUT2D eigenvalue weighted by Crippen LogP contribution is -2.13. The Hall–Kier alpha value is -1.50. The van der Waals surface area contributed by atoms with Gasteiger partial charge in [0, 0.05) is 6.07 Å². The van der Waals surface area contributed by atoms with E-state index in [0.717, 1.165) is 12.3 Å². The first-order valence-electron chi connectivity index (χ1n) is 5.38. The van der Waals surface area contributed by atoms with Crippen molar-refractivity contribution in [2.45, 2.75) is 26.1 Å². The molecule has 0 aliphatic heterocycles. The maximum Gasteiger partial charge on any atom is 0.433 e. The van der Waals surface area contributed by atoms with Crippen molar-refractivity contribution in [2.75, 3.05) is 18.9 Å². The molecule has 1 aromatic rings. The number of aromatic nitrogens is 1. The molecule has 0 aliphatic carbocycles. The van der Waals surface area contributed by atoms with Crippen LogP contribution in [0.3, 0.4) is 0 Å². The molecule has 18 heavy (non-hydrogen) atoms. The number of alkyl halides is 3. The monoisotopic (exact) mass is 264 g/mol. The van der Waals surface area contributed by atoms with Crippen LogP contribution in [0.2, 0.25) is 0 Å². The van der Waals surface area contributed by atoms with Crippen LogP contribution in [-0.4, -0.2) is 24.3 Å². The molecule has 4 nitrogen and oxygen atoms in total. The van der Waals surface area contributed by atoms with Crippen molar-refractivity contribution < 1.29 is 22.6 Å². The van der Waals surface area contributed by atoms with E-state index >= 15 is 0 Å². The minimum Gasteiger partial charge on any atom is -0.489 e. The van der Waals surface area contributed by atoms with Gasteiger partial charge in [0.15, 0.2) is 0 Å². The maximum atomic E-state index is 12.4. The number of rotatable bonds is 5. The van der Waals surface area contributed by atoms with E-state index in [-0.39, 0.29) is 30.8 Å². The van der Waals surface area contributed by atoms with Crippen LogP contribution >= 0.6 is 0 Å². The highest BCUT2D eigenvalue weighted by Gasteiger charge is 2.33. The van der Waals surface area contributed by atoms with Crippen molar-refractivity contribution in [2.24, 2.45) is 0 Å². The van der Waals surface area contributed by atoms with E-state index in [0.29, 0.717) is 0 Å². The van der Waals surface area contributed by atoms with Gasteiger partial charge < -0.3 is 15.2 Å². The van der Waals surface area contributed by atoms with Gasteiger partial charge in [0.2, 0.25) is 0 Å². The topological polar surface area (TPSA) is 57.4 Å². The zero-order valence-electron chi connectivity index (χ0n) is 10.1. The first-order valence-corrected chi connectivity index (χ1v) is 5.38. The first kappa shape index (κ1) is 14.6. The van der Waals surface area contributed by atoms with Crippen molar-refractivity contribution >= 4 is 5.69 Å². The second-order valence-electron chi connectivity index (χ2n) is 3.87. The second-order valence-corrected chi connectivity index (χ2v) is 3.87. The third-order valence-electron chi connectivity index (χ3n) is 1.98. The predicted molar refractivity (Wildman–Crippen MR) is 60.2 cm³/mol. The SMILES string of the molecule is CC(C)OCCOc1cc(C(F)(F)F)ncc1N. The van der Waals surface area contributed by atoms with Crippen LogP contribution in [0.4, 0.5) is 18.9 Å². The van der Waals surface area contributed by atoms with Crippen LogP contribution in [0.15, 0.2) is 12.3 Å². The summed E-state index contributed by atoms with van der Waals surface area (Å²) in [7, 11) is 0. The van der Waals surface area contributed by atoms with Gasteiger partial charge in [-0.25, -0.2) is 4.98 Å². The van der Waals surface area contributed by atoms with Gasteiger partial charge in [0.05, 0.1) is 24.6 Å². The quantitative estimate of drug-likeness (QED) is 0.830. The molecule has 0 amide bonds. The van der Waals surface area contributed by atoms with Gasteiger partial charge in [-0.15, -0.1) is 0 Å². The fraction of sp³-hybridized carbons (Fsp3) is 0.545. The molecule has 0 aromatic carbocycles. The zero-order chi connectivity index (χ0) is 13.8. The lowest BCUT2D eigenvalue weighted by Gasteiger charge is -2.12. The van der Waals surface area contributed by atoms with Crippen molar-refractivity contribution in [1.29, 1.82) is 0 Å². The molecular weight excluding hydrogens is 249 g/mol. The summed E-state index contributed by atoms with van der Waals surface area (Å²) < 4.78 is 47.6. The highest BCUT2D eigenvalue weighted by atomic mass is 19.4. The van der Waals surface area contributed by atoms with Gasteiger partial charge in [-0.05, 0) is 13.8 Å². The Balaban J connectivity index is 2.64. The molecule has 1 aromatic heterocycles. The Kier molecular flexibility index (Phi) is 4.77. The Bertz CT molecular complexity index is 394. The minimum absolute atomic E-state index is 0.0362. The summed E-state index contributed by atoms with van der Waals surface area (Å²) in [6.07, 6.45) is -3.55. The number of ether oxygens (including phenoxy) is 2. The molecule has 102 valence electrons. The predicted octanol–water partition coefficient (Wildman–Crippen LogP) is 2.49. The molecule has 0 atom stereocenters. The molecular formula is C11H15F3N2O2. The van der Waals surface area contributed by atoms with Gasteiger partial charge in [-0.2, -0.15) is 13.2 Å². The molecule has 0 fully saturated rings. The largest absolute Gasteiger partial charge is 0.489 e. The van der Waals surface area contributed by atoms with Gasteiger partial charge in [-0.1, -0.05) is 0 Å². The molecule has 0 radical (unpaired) electrons. The van der Waals surface area contributed by atoms with E-state index in [1.807, 2.05) is 13.8 Å². The Morgan fingerprint density at radius 3 is 2.56 bits per heavy atom. The molecule has 0 saturated carbocycles. The summed E-state index contributed by atoms with van der Waals surface area (Å²) in [5.41, 5.74) is 4.51. The third kappa shape index (κ3) is 4.40. The molecule has 0 unspecified atom stereocenters. The normalized spacial score (nSPS) is 11.9. The summed E-state index contributed by atoms with van der Waals surface area (Å²) in [6, 6.07) is 0.782. The molecule has 1 rings (SSSR count). The first-order chi connectivity index (χ1) is 8.30. The smallest absolute Gasteiger partial charge is 0.433 e. The summed E-state index contributed by atoms with van der Waals surface area (Å²) in [5.74, 6) is -0.0373. The average Bonchev–Trinajstić information content (AvgIpc) is 2.24. The highest BCUT2D eigenvalue weighted by molar-refractivity contribution is 5.51. The molecule has 1 heterocycles. The molecule has 7 heteroatoms. The van der Waals surface area contributed by atoms with Gasteiger partial charge in [0.1, 0.15) is 18.1 Å². The number of nitrogens with two attached hydrogens (primary N) is 1. The second kappa shape index (κ2) is 5.90. The standard InChI is InChI=1S/C11H15F3N2O2/c1-7(2)17-3-4-18-9-5-10(11(12,13)14)16-6-8(9)15/h5-7H,3-4,15H2,1-2H3. The van der Waals surface area contributed by atoms with Gasteiger partial charge in [0.25, 0.3) is 0 Å². The number of pyridine rings is 1. The number of anilines is 1. The van der Waals surface area contributed by atoms with Crippen molar-refractivity contribution in [3.05, 3.63) is 18.0 Å². The Morgan fingerprint density at radius 1 is 1.33 bits per heavy atom. The van der Waals surface area contributed by atoms with E-state index in [1.165, 1.54) is 0 Å². The number of hydrogen-bond donors (Lipinski definition) is 1. The lowest BCUT2D eigenvalue weighted by atomic mass is 10.3. The van der Waals surface area contributed by atoms with E-state index in [2.05, 4.69) is 4.98 Å². The summed E-state index contributed by atoms with van der Waals surface area (Å²) in [4.78, 5) is 3.21. The molecule has 0 aliphatic rings. The van der Waals surface area contributed by atoms with Crippen LogP contribution in [0, 0.1) is 0 Å². The van der Waals surface area contributed by atoms with E-state index < -0.39 is 11.9 Å². The molecule has 0 bridgehead atoms. The molecule has 2 N–H and O–H groups in total. The van der Waals surface area contributed by atoms with Crippen molar-refractivity contribution in [3.63, 3.8) is 0 Å². The zero-order valence-corrected chi connectivity index (χ0v) is 10.1. The maximum absolute atomic E-state index is 12.4. The fourth-order valence-electron chi connectivity index (χ4n) is 1.16. The van der Waals surface area contributed by atoms with Crippen LogP contribution in [-0.2, 0) is 10.9 Å². The number of nitrogen functional groups attached to an aromatic ring is 1. The van der Waals surface area contributed by atoms with E-state index in [4.69, 9.17) is 15.2 Å². The van der Waals surface area contributed by atoms with Gasteiger partial charge >= 0.3 is 6.18 Å².